The van der Waals surface area contributed by atoms with Gasteiger partial charge in [0.05, 0.1) is 12.6 Å². The number of anilines is 1. The van der Waals surface area contributed by atoms with Gasteiger partial charge in [-0.05, 0) is 51.0 Å². The van der Waals surface area contributed by atoms with E-state index >= 15 is 0 Å². The molecule has 1 saturated heterocycles. The summed E-state index contributed by atoms with van der Waals surface area (Å²) in [6.45, 7) is 2.86. The zero-order chi connectivity index (χ0) is 15.1. The Balaban J connectivity index is 1.73. The average Bonchev–Trinajstić information content (AvgIpc) is 2.55. The zero-order valence-corrected chi connectivity index (χ0v) is 13.1. The Kier molecular flexibility index (Phi) is 3.36. The molecule has 1 aliphatic heterocycles. The predicted octanol–water partition coefficient (Wildman–Crippen LogP) is 2.20. The Morgan fingerprint density at radius 2 is 2.05 bits per heavy atom. The number of hydrogen-bond acceptors (Lipinski definition) is 3. The number of hydrogen-bond donors (Lipinski definition) is 1. The van der Waals surface area contributed by atoms with Crippen molar-refractivity contribution in [2.24, 2.45) is 5.92 Å². The monoisotopic (exact) mass is 299 g/mol. The minimum Gasteiger partial charge on any atom is -0.314 e. The number of aromatic amines is 2. The normalized spacial score (nSPS) is 25.2. The van der Waals surface area contributed by atoms with Gasteiger partial charge in [-0.15, -0.1) is 4.98 Å². The number of fused-ring (bicyclic) bond motifs is 2. The number of piperidine rings is 1. The second kappa shape index (κ2) is 5.38. The quantitative estimate of drug-likeness (QED) is 0.878. The smallest absolute Gasteiger partial charge is 0.286 e. The molecule has 2 aliphatic rings. The summed E-state index contributed by atoms with van der Waals surface area (Å²) in [6, 6.07) is 4.73. The molecule has 5 nitrogen and oxygen atoms in total. The van der Waals surface area contributed by atoms with Gasteiger partial charge in [0.1, 0.15) is 5.52 Å². The maximum absolute atomic E-state index is 11.7. The molecule has 2 N–H and O–H groups in total. The number of aryl methyl sites for hydroxylation is 1. The average molecular weight is 299 g/mol. The van der Waals surface area contributed by atoms with Crippen molar-refractivity contribution in [1.82, 2.24) is 9.97 Å². The fourth-order valence-corrected chi connectivity index (χ4v) is 4.18. The second-order valence-corrected chi connectivity index (χ2v) is 6.70. The molecular formula is C17H23N4O+. The largest absolute Gasteiger partial charge is 0.314 e. The first kappa shape index (κ1) is 13.7. The predicted molar refractivity (Wildman–Crippen MR) is 86.0 cm³/mol. The second-order valence-electron chi connectivity index (χ2n) is 6.70. The molecule has 3 heterocycles. The van der Waals surface area contributed by atoms with Crippen LogP contribution < -0.4 is 15.4 Å². The van der Waals surface area contributed by atoms with Crippen LogP contribution in [0, 0.1) is 12.8 Å². The lowest BCUT2D eigenvalue weighted by molar-refractivity contribution is -0.334. The van der Waals surface area contributed by atoms with Gasteiger partial charge in [0.15, 0.2) is 5.69 Å². The van der Waals surface area contributed by atoms with Crippen molar-refractivity contribution >= 4 is 17.0 Å². The molecule has 116 valence electrons. The van der Waals surface area contributed by atoms with Crippen molar-refractivity contribution in [3.63, 3.8) is 0 Å². The van der Waals surface area contributed by atoms with E-state index in [0.29, 0.717) is 11.7 Å². The summed E-state index contributed by atoms with van der Waals surface area (Å²) in [5.74, 6) is 1.99. The topological polar surface area (TPSA) is 63.1 Å². The highest BCUT2D eigenvalue weighted by Gasteiger charge is 2.36. The van der Waals surface area contributed by atoms with E-state index in [-0.39, 0.29) is 5.56 Å². The lowest BCUT2D eigenvalue weighted by Crippen LogP contribution is -2.48. The lowest BCUT2D eigenvalue weighted by atomic mass is 9.78. The summed E-state index contributed by atoms with van der Waals surface area (Å²) < 4.78 is 0. The maximum Gasteiger partial charge on any atom is 0.286 e. The van der Waals surface area contributed by atoms with Gasteiger partial charge in [-0.3, -0.25) is 9.69 Å². The van der Waals surface area contributed by atoms with Crippen molar-refractivity contribution in [2.75, 3.05) is 11.4 Å². The molecule has 2 atom stereocenters. The lowest BCUT2D eigenvalue weighted by Gasteiger charge is -2.41. The van der Waals surface area contributed by atoms with Gasteiger partial charge in [-0.1, -0.05) is 6.42 Å². The number of nitrogens with zero attached hydrogens (tertiary/aromatic N) is 2. The zero-order valence-electron chi connectivity index (χ0n) is 13.1. The molecule has 2 aromatic heterocycles. The third-order valence-electron chi connectivity index (χ3n) is 5.32. The molecule has 0 bridgehead atoms. The Morgan fingerprint density at radius 3 is 2.95 bits per heavy atom. The molecule has 2 aromatic rings. The molecule has 0 amide bonds. The molecule has 2 unspecified atom stereocenters. The van der Waals surface area contributed by atoms with Crippen LogP contribution in [0.1, 0.15) is 44.2 Å². The SMILES string of the molecule is Cc1nc2[nH+]c(N3CCCC4CCCCC43)ccc2[nH]c1=O. The van der Waals surface area contributed by atoms with Crippen molar-refractivity contribution in [3.05, 3.63) is 28.2 Å². The Bertz CT molecular complexity index is 752. The van der Waals surface area contributed by atoms with E-state index < -0.39 is 0 Å². The minimum atomic E-state index is -0.112. The van der Waals surface area contributed by atoms with Crippen molar-refractivity contribution < 1.29 is 4.98 Å². The van der Waals surface area contributed by atoms with Gasteiger partial charge in [-0.2, -0.15) is 0 Å². The molecule has 0 aromatic carbocycles. The van der Waals surface area contributed by atoms with Crippen LogP contribution >= 0.6 is 0 Å². The van der Waals surface area contributed by atoms with Crippen LogP contribution in [0.2, 0.25) is 0 Å². The van der Waals surface area contributed by atoms with Crippen LogP contribution in [-0.2, 0) is 0 Å². The summed E-state index contributed by atoms with van der Waals surface area (Å²) in [4.78, 5) is 24.9. The molecular weight excluding hydrogens is 276 g/mol. The molecule has 0 radical (unpaired) electrons. The van der Waals surface area contributed by atoms with Gasteiger partial charge in [0.2, 0.25) is 5.82 Å². The van der Waals surface area contributed by atoms with Crippen LogP contribution in [0.15, 0.2) is 16.9 Å². The molecule has 0 spiro atoms. The van der Waals surface area contributed by atoms with Crippen molar-refractivity contribution in [1.29, 1.82) is 0 Å². The van der Waals surface area contributed by atoms with Crippen LogP contribution in [-0.4, -0.2) is 22.6 Å². The van der Waals surface area contributed by atoms with Gasteiger partial charge in [0, 0.05) is 6.07 Å². The number of nitrogens with one attached hydrogen (secondary N) is 2. The van der Waals surface area contributed by atoms with E-state index in [1.165, 1.54) is 38.5 Å². The number of H-pyrrole nitrogens is 2. The first-order chi connectivity index (χ1) is 10.7. The van der Waals surface area contributed by atoms with Crippen LogP contribution in [0.3, 0.4) is 0 Å². The fraction of sp³-hybridized carbons (Fsp3) is 0.588. The standard InChI is InChI=1S/C17H22N4O/c1-11-17(22)19-13-8-9-15(20-16(13)18-11)21-10-4-6-12-5-2-3-7-14(12)21/h8-9,12,14H,2-7,10H2,1H3,(H,19,22)/p+1. The molecule has 22 heavy (non-hydrogen) atoms. The first-order valence-electron chi connectivity index (χ1n) is 8.42. The van der Waals surface area contributed by atoms with E-state index in [0.717, 1.165) is 29.4 Å². The van der Waals surface area contributed by atoms with Crippen LogP contribution in [0.4, 0.5) is 5.82 Å². The number of rotatable bonds is 1. The van der Waals surface area contributed by atoms with Crippen molar-refractivity contribution in [3.8, 4) is 0 Å². The van der Waals surface area contributed by atoms with Crippen LogP contribution in [0.5, 0.6) is 0 Å². The van der Waals surface area contributed by atoms with Crippen LogP contribution in [0.25, 0.3) is 11.2 Å². The molecule has 5 heteroatoms. The number of aromatic nitrogens is 3. The Labute approximate surface area is 129 Å². The first-order valence-corrected chi connectivity index (χ1v) is 8.42. The molecule has 2 fully saturated rings. The minimum absolute atomic E-state index is 0.112. The summed E-state index contributed by atoms with van der Waals surface area (Å²) in [5.41, 5.74) is 1.94. The van der Waals surface area contributed by atoms with E-state index in [4.69, 9.17) is 0 Å². The van der Waals surface area contributed by atoms with E-state index in [1.807, 2.05) is 6.07 Å². The fourth-order valence-electron chi connectivity index (χ4n) is 4.18. The Morgan fingerprint density at radius 1 is 1.23 bits per heavy atom. The Hall–Kier alpha value is -1.91. The van der Waals surface area contributed by atoms with Crippen molar-refractivity contribution in [2.45, 2.75) is 51.5 Å². The third-order valence-corrected chi connectivity index (χ3v) is 5.32. The van der Waals surface area contributed by atoms with E-state index in [9.17, 15) is 4.79 Å². The molecule has 1 aliphatic carbocycles. The summed E-state index contributed by atoms with van der Waals surface area (Å²) >= 11 is 0. The highest BCUT2D eigenvalue weighted by atomic mass is 16.1. The molecule has 1 saturated carbocycles. The highest BCUT2D eigenvalue weighted by Crippen LogP contribution is 2.36. The third kappa shape index (κ3) is 2.28. The summed E-state index contributed by atoms with van der Waals surface area (Å²) in [5, 5.41) is 0. The van der Waals surface area contributed by atoms with Gasteiger partial charge in [0.25, 0.3) is 11.2 Å². The van der Waals surface area contributed by atoms with Gasteiger partial charge < -0.3 is 4.98 Å². The number of pyridine rings is 1. The van der Waals surface area contributed by atoms with Gasteiger partial charge in [-0.25, -0.2) is 4.98 Å². The van der Waals surface area contributed by atoms with Gasteiger partial charge >= 0.3 is 0 Å². The van der Waals surface area contributed by atoms with E-state index in [1.54, 1.807) is 6.92 Å². The molecule has 4 rings (SSSR count). The maximum atomic E-state index is 11.7. The highest BCUT2D eigenvalue weighted by molar-refractivity contribution is 5.67. The summed E-state index contributed by atoms with van der Waals surface area (Å²) in [7, 11) is 0. The van der Waals surface area contributed by atoms with E-state index in [2.05, 4.69) is 25.9 Å². The summed E-state index contributed by atoms with van der Waals surface area (Å²) in [6.07, 6.45) is 8.05.